The van der Waals surface area contributed by atoms with Gasteiger partial charge in [0.1, 0.15) is 0 Å². The summed E-state index contributed by atoms with van der Waals surface area (Å²) in [7, 11) is 1.69. The van der Waals surface area contributed by atoms with Gasteiger partial charge in [-0.2, -0.15) is 0 Å². The van der Waals surface area contributed by atoms with Crippen LogP contribution in [0, 0.1) is 16.2 Å². The highest BCUT2D eigenvalue weighted by molar-refractivity contribution is 9.12. The highest BCUT2D eigenvalue weighted by Crippen LogP contribution is 2.29. The summed E-state index contributed by atoms with van der Waals surface area (Å²) in [4.78, 5) is 15.6. The molecule has 0 N–H and O–H groups in total. The monoisotopic (exact) mass is 259 g/mol. The Morgan fingerprint density at radius 2 is 2.43 bits per heavy atom. The molecule has 0 radical (unpaired) electrons. The molecule has 0 saturated carbocycles. The lowest BCUT2D eigenvalue weighted by atomic mass is 9.91. The predicted octanol–water partition coefficient (Wildman–Crippen LogP) is 1.23. The number of ether oxygens (including phenoxy) is 1. The van der Waals surface area contributed by atoms with Gasteiger partial charge in [-0.3, -0.25) is 4.79 Å². The number of hydrogen-bond donors (Lipinski definition) is 0. The van der Waals surface area contributed by atoms with Gasteiger partial charge in [0.25, 0.3) is 5.91 Å². The van der Waals surface area contributed by atoms with Crippen molar-refractivity contribution in [2.24, 2.45) is 5.41 Å². The molecule has 1 aliphatic rings. The number of amides is 1. The molecule has 1 fully saturated rings. The Kier molecular flexibility index (Phi) is 3.97. The fourth-order valence-electron chi connectivity index (χ4n) is 1.78. The second-order valence-electron chi connectivity index (χ2n) is 3.94. The average Bonchev–Trinajstić information content (AvgIpc) is 2.49. The summed E-state index contributed by atoms with van der Waals surface area (Å²) in [5, 5.41) is 0. The molecule has 0 aromatic rings. The van der Waals surface area contributed by atoms with Gasteiger partial charge in [0.15, 0.2) is 0 Å². The first-order chi connectivity index (χ1) is 6.61. The lowest BCUT2D eigenvalue weighted by Crippen LogP contribution is -2.31. The van der Waals surface area contributed by atoms with Gasteiger partial charge in [-0.15, -0.1) is 0 Å². The van der Waals surface area contributed by atoms with Crippen molar-refractivity contribution in [2.45, 2.75) is 13.3 Å². The minimum absolute atomic E-state index is 0.0956. The van der Waals surface area contributed by atoms with E-state index in [0.717, 1.165) is 19.5 Å². The number of hydrogen-bond acceptors (Lipinski definition) is 2. The molecule has 1 unspecified atom stereocenters. The quantitative estimate of drug-likeness (QED) is 0.699. The van der Waals surface area contributed by atoms with Crippen molar-refractivity contribution in [1.29, 1.82) is 0 Å². The normalized spacial score (nSPS) is 25.8. The Balaban J connectivity index is 2.55. The lowest BCUT2D eigenvalue weighted by Gasteiger charge is -2.22. The van der Waals surface area contributed by atoms with Gasteiger partial charge in [0, 0.05) is 47.5 Å². The van der Waals surface area contributed by atoms with E-state index in [2.05, 4.69) is 33.6 Å². The van der Waals surface area contributed by atoms with Crippen molar-refractivity contribution < 1.29 is 9.53 Å². The molecule has 14 heavy (non-hydrogen) atoms. The molecule has 0 spiro atoms. The maximum Gasteiger partial charge on any atom is 0.299 e. The Morgan fingerprint density at radius 1 is 1.71 bits per heavy atom. The Morgan fingerprint density at radius 3 is 3.00 bits per heavy atom. The second kappa shape index (κ2) is 4.81. The molecule has 1 atom stereocenters. The van der Waals surface area contributed by atoms with E-state index in [-0.39, 0.29) is 11.3 Å². The highest BCUT2D eigenvalue weighted by atomic mass is 79.9. The largest absolute Gasteiger partial charge is 0.384 e. The number of nitrogens with zero attached hydrogens (tertiary/aromatic N) is 1. The van der Waals surface area contributed by atoms with Crippen LogP contribution in [0.1, 0.15) is 13.3 Å². The van der Waals surface area contributed by atoms with E-state index < -0.39 is 0 Å². The number of likely N-dealkylation sites (tertiary alicyclic amines) is 1. The zero-order valence-electron chi connectivity index (χ0n) is 8.47. The summed E-state index contributed by atoms with van der Waals surface area (Å²) in [6.07, 6.45) is 0.983. The van der Waals surface area contributed by atoms with Crippen molar-refractivity contribution in [1.82, 2.24) is 4.90 Å². The minimum atomic E-state index is -0.110. The molecule has 0 aromatic heterocycles. The van der Waals surface area contributed by atoms with Gasteiger partial charge in [-0.25, -0.2) is 0 Å². The molecule has 0 bridgehead atoms. The molecular formula is C10H14BrNO2. The third kappa shape index (κ3) is 2.73. The van der Waals surface area contributed by atoms with Crippen LogP contribution in [-0.4, -0.2) is 37.6 Å². The van der Waals surface area contributed by atoms with Crippen molar-refractivity contribution in [2.75, 3.05) is 26.8 Å². The van der Waals surface area contributed by atoms with Gasteiger partial charge in [-0.1, -0.05) is 6.92 Å². The van der Waals surface area contributed by atoms with Crippen LogP contribution in [0.2, 0.25) is 0 Å². The number of halogens is 1. The van der Waals surface area contributed by atoms with E-state index in [1.54, 1.807) is 12.0 Å². The molecule has 78 valence electrons. The first-order valence-electron chi connectivity index (χ1n) is 4.51. The van der Waals surface area contributed by atoms with Crippen LogP contribution in [0.15, 0.2) is 0 Å². The molecule has 1 saturated heterocycles. The summed E-state index contributed by atoms with van der Waals surface area (Å²) in [6.45, 7) is 4.34. The summed E-state index contributed by atoms with van der Waals surface area (Å²) in [5.41, 5.74) is 0.0956. The molecule has 0 aromatic carbocycles. The zero-order valence-corrected chi connectivity index (χ0v) is 10.1. The van der Waals surface area contributed by atoms with Gasteiger partial charge in [0.2, 0.25) is 0 Å². The highest BCUT2D eigenvalue weighted by Gasteiger charge is 2.35. The van der Waals surface area contributed by atoms with Crippen LogP contribution < -0.4 is 0 Å². The fourth-order valence-corrected chi connectivity index (χ4v) is 1.95. The zero-order chi connectivity index (χ0) is 10.6. The predicted molar refractivity (Wildman–Crippen MR) is 57.9 cm³/mol. The third-order valence-corrected chi connectivity index (χ3v) is 2.69. The Labute approximate surface area is 92.9 Å². The Bertz CT molecular complexity index is 282. The lowest BCUT2D eigenvalue weighted by molar-refractivity contribution is -0.124. The van der Waals surface area contributed by atoms with E-state index in [0.29, 0.717) is 6.61 Å². The summed E-state index contributed by atoms with van der Waals surface area (Å²) < 4.78 is 5.13. The molecule has 0 aliphatic carbocycles. The van der Waals surface area contributed by atoms with Crippen LogP contribution in [-0.2, 0) is 9.53 Å². The van der Waals surface area contributed by atoms with Crippen LogP contribution in [0.4, 0.5) is 0 Å². The van der Waals surface area contributed by atoms with Gasteiger partial charge < -0.3 is 9.64 Å². The molecule has 1 heterocycles. The molecule has 1 rings (SSSR count). The second-order valence-corrected chi connectivity index (χ2v) is 4.34. The van der Waals surface area contributed by atoms with E-state index in [9.17, 15) is 4.79 Å². The summed E-state index contributed by atoms with van der Waals surface area (Å²) >= 11 is 2.92. The molecule has 1 amide bonds. The molecule has 1 aliphatic heterocycles. The smallest absolute Gasteiger partial charge is 0.299 e. The van der Waals surface area contributed by atoms with Crippen molar-refractivity contribution >= 4 is 21.8 Å². The van der Waals surface area contributed by atoms with E-state index in [1.807, 2.05) is 0 Å². The maximum absolute atomic E-state index is 11.4. The standard InChI is InChI=1S/C10H14BrNO2/c1-10(8-14-2)4-6-12(7-10)9(13)3-5-11/h4,6-8H2,1-2H3. The fraction of sp³-hybridized carbons (Fsp3) is 0.700. The van der Waals surface area contributed by atoms with E-state index >= 15 is 0 Å². The Hall–Kier alpha value is -0.530. The number of carbonyl (C=O) groups is 1. The van der Waals surface area contributed by atoms with Crippen LogP contribution >= 0.6 is 15.9 Å². The maximum atomic E-state index is 11.4. The van der Waals surface area contributed by atoms with E-state index in [4.69, 9.17) is 4.74 Å². The van der Waals surface area contributed by atoms with Crippen LogP contribution in [0.3, 0.4) is 0 Å². The summed E-state index contributed by atoms with van der Waals surface area (Å²) in [6, 6.07) is 0. The van der Waals surface area contributed by atoms with Gasteiger partial charge in [-0.05, 0) is 11.3 Å². The molecule has 4 heteroatoms. The third-order valence-electron chi connectivity index (χ3n) is 2.49. The van der Waals surface area contributed by atoms with Crippen LogP contribution in [0.25, 0.3) is 0 Å². The van der Waals surface area contributed by atoms with Crippen molar-refractivity contribution in [3.8, 4) is 10.8 Å². The number of methoxy groups -OCH3 is 1. The number of rotatable bonds is 2. The first kappa shape index (κ1) is 11.5. The van der Waals surface area contributed by atoms with Gasteiger partial charge in [0.05, 0.1) is 6.61 Å². The van der Waals surface area contributed by atoms with Crippen molar-refractivity contribution in [3.05, 3.63) is 0 Å². The topological polar surface area (TPSA) is 29.5 Å². The minimum Gasteiger partial charge on any atom is -0.384 e. The SMILES string of the molecule is COCC1(C)CCN(C(=O)C#CBr)C1. The average molecular weight is 260 g/mol. The van der Waals surface area contributed by atoms with E-state index in [1.165, 1.54) is 0 Å². The first-order valence-corrected chi connectivity index (χ1v) is 5.30. The molecule has 3 nitrogen and oxygen atoms in total. The van der Waals surface area contributed by atoms with Gasteiger partial charge >= 0.3 is 0 Å². The van der Waals surface area contributed by atoms with Crippen LogP contribution in [0.5, 0.6) is 0 Å². The molecular weight excluding hydrogens is 246 g/mol. The number of carbonyl (C=O) groups excluding carboxylic acids is 1. The summed E-state index contributed by atoms with van der Waals surface area (Å²) in [5.74, 6) is 2.37. The van der Waals surface area contributed by atoms with Crippen molar-refractivity contribution in [3.63, 3.8) is 0 Å².